The molecule has 3 aromatic rings. The molecule has 0 saturated carbocycles. The minimum absolute atomic E-state index is 0.0830. The summed E-state index contributed by atoms with van der Waals surface area (Å²) >= 11 is 5.89. The monoisotopic (exact) mass is 305 g/mol. The molecule has 0 atom stereocenters. The van der Waals surface area contributed by atoms with Gasteiger partial charge < -0.3 is 9.73 Å². The van der Waals surface area contributed by atoms with E-state index in [1.165, 1.54) is 4.68 Å². The van der Waals surface area contributed by atoms with Crippen LogP contribution in [-0.2, 0) is 13.0 Å². The number of hydrogen-bond donors (Lipinski definition) is 1. The van der Waals surface area contributed by atoms with E-state index < -0.39 is 0 Å². The highest BCUT2D eigenvalue weighted by molar-refractivity contribution is 6.28. The molecule has 8 nitrogen and oxygen atoms in total. The molecule has 0 bridgehead atoms. The van der Waals surface area contributed by atoms with Gasteiger partial charge in [0.15, 0.2) is 0 Å². The minimum atomic E-state index is 0.0830. The summed E-state index contributed by atoms with van der Waals surface area (Å²) in [5, 5.41) is 7.13. The molecule has 0 aromatic carbocycles. The standard InChI is InChI=1S/C12H12ClN7O/c1-2-8-6-14-9(21-8)7-15-11-17-10(13)18-12(19-11)20-5-3-4-16-20/h3-6H,2,7H2,1H3,(H,15,17,18,19). The van der Waals surface area contributed by atoms with Gasteiger partial charge in [0.1, 0.15) is 5.76 Å². The van der Waals surface area contributed by atoms with Gasteiger partial charge >= 0.3 is 0 Å². The maximum absolute atomic E-state index is 5.89. The molecule has 0 spiro atoms. The van der Waals surface area contributed by atoms with Crippen molar-refractivity contribution in [2.45, 2.75) is 19.9 Å². The van der Waals surface area contributed by atoms with Crippen molar-refractivity contribution in [1.29, 1.82) is 0 Å². The van der Waals surface area contributed by atoms with Gasteiger partial charge in [0.05, 0.1) is 12.7 Å². The quantitative estimate of drug-likeness (QED) is 0.769. The molecule has 0 amide bonds. The Morgan fingerprint density at radius 1 is 1.33 bits per heavy atom. The Balaban J connectivity index is 1.76. The third kappa shape index (κ3) is 3.16. The molecular weight excluding hydrogens is 294 g/mol. The molecule has 0 unspecified atom stereocenters. The lowest BCUT2D eigenvalue weighted by Crippen LogP contribution is -2.09. The molecule has 0 aliphatic rings. The first-order valence-electron chi connectivity index (χ1n) is 6.33. The third-order valence-electron chi connectivity index (χ3n) is 2.65. The van der Waals surface area contributed by atoms with Crippen LogP contribution < -0.4 is 5.32 Å². The molecule has 0 aliphatic carbocycles. The lowest BCUT2D eigenvalue weighted by Gasteiger charge is -2.05. The van der Waals surface area contributed by atoms with Crippen molar-refractivity contribution < 1.29 is 4.42 Å². The minimum Gasteiger partial charge on any atom is -0.444 e. The normalized spacial score (nSPS) is 10.8. The highest BCUT2D eigenvalue weighted by Crippen LogP contribution is 2.11. The molecule has 3 aromatic heterocycles. The zero-order valence-electron chi connectivity index (χ0n) is 11.2. The van der Waals surface area contributed by atoms with Gasteiger partial charge in [-0.1, -0.05) is 6.92 Å². The molecule has 21 heavy (non-hydrogen) atoms. The van der Waals surface area contributed by atoms with Crippen LogP contribution in [0.4, 0.5) is 5.95 Å². The van der Waals surface area contributed by atoms with Gasteiger partial charge in [-0.05, 0) is 17.7 Å². The van der Waals surface area contributed by atoms with Crippen LogP contribution in [0.25, 0.3) is 5.95 Å². The van der Waals surface area contributed by atoms with E-state index in [-0.39, 0.29) is 5.28 Å². The first-order valence-corrected chi connectivity index (χ1v) is 6.71. The van der Waals surface area contributed by atoms with Gasteiger partial charge in [0.25, 0.3) is 5.95 Å². The van der Waals surface area contributed by atoms with E-state index in [0.717, 1.165) is 12.2 Å². The van der Waals surface area contributed by atoms with Crippen molar-refractivity contribution in [1.82, 2.24) is 29.7 Å². The SMILES string of the molecule is CCc1cnc(CNc2nc(Cl)nc(-n3cccn3)n2)o1. The molecule has 3 rings (SSSR count). The second kappa shape index (κ2) is 5.88. The average Bonchev–Trinajstić information content (AvgIpc) is 3.16. The second-order valence-electron chi connectivity index (χ2n) is 4.11. The molecule has 3 heterocycles. The number of nitrogens with one attached hydrogen (secondary N) is 1. The Bertz CT molecular complexity index is 725. The van der Waals surface area contributed by atoms with Crippen LogP contribution >= 0.6 is 11.6 Å². The predicted molar refractivity (Wildman–Crippen MR) is 75.2 cm³/mol. The van der Waals surface area contributed by atoms with Crippen LogP contribution in [0.2, 0.25) is 5.28 Å². The zero-order chi connectivity index (χ0) is 14.7. The number of aryl methyl sites for hydroxylation is 1. The fourth-order valence-corrected chi connectivity index (χ4v) is 1.81. The predicted octanol–water partition coefficient (Wildman–Crippen LogP) is 1.87. The molecule has 0 saturated heterocycles. The van der Waals surface area contributed by atoms with Crippen molar-refractivity contribution >= 4 is 17.5 Å². The summed E-state index contributed by atoms with van der Waals surface area (Å²) in [6.45, 7) is 2.36. The Morgan fingerprint density at radius 3 is 2.95 bits per heavy atom. The van der Waals surface area contributed by atoms with Crippen LogP contribution in [0.5, 0.6) is 0 Å². The van der Waals surface area contributed by atoms with Crippen LogP contribution in [0.3, 0.4) is 0 Å². The molecule has 0 radical (unpaired) electrons. The Hall–Kier alpha value is -2.48. The summed E-state index contributed by atoms with van der Waals surface area (Å²) in [6, 6.07) is 1.77. The van der Waals surface area contributed by atoms with Gasteiger partial charge in [0, 0.05) is 18.8 Å². The van der Waals surface area contributed by atoms with E-state index in [1.807, 2.05) is 6.92 Å². The lowest BCUT2D eigenvalue weighted by molar-refractivity contribution is 0.465. The Morgan fingerprint density at radius 2 is 2.24 bits per heavy atom. The summed E-state index contributed by atoms with van der Waals surface area (Å²) in [7, 11) is 0. The van der Waals surface area contributed by atoms with Gasteiger partial charge in [-0.3, -0.25) is 0 Å². The molecule has 108 valence electrons. The van der Waals surface area contributed by atoms with Crippen molar-refractivity contribution in [3.8, 4) is 5.95 Å². The number of oxazole rings is 1. The molecule has 0 fully saturated rings. The van der Waals surface area contributed by atoms with Crippen molar-refractivity contribution in [2.75, 3.05) is 5.32 Å². The lowest BCUT2D eigenvalue weighted by atomic mass is 10.4. The molecule has 0 aliphatic heterocycles. The van der Waals surface area contributed by atoms with Gasteiger partial charge in [-0.25, -0.2) is 9.67 Å². The highest BCUT2D eigenvalue weighted by Gasteiger charge is 2.08. The van der Waals surface area contributed by atoms with Crippen LogP contribution in [0.1, 0.15) is 18.6 Å². The smallest absolute Gasteiger partial charge is 0.256 e. The number of halogens is 1. The highest BCUT2D eigenvalue weighted by atomic mass is 35.5. The maximum atomic E-state index is 5.89. The van der Waals surface area contributed by atoms with Gasteiger partial charge in [-0.2, -0.15) is 20.1 Å². The van der Waals surface area contributed by atoms with Crippen LogP contribution in [-0.4, -0.2) is 29.7 Å². The number of anilines is 1. The van der Waals surface area contributed by atoms with E-state index in [1.54, 1.807) is 24.7 Å². The largest absolute Gasteiger partial charge is 0.444 e. The maximum Gasteiger partial charge on any atom is 0.256 e. The summed E-state index contributed by atoms with van der Waals surface area (Å²) in [5.74, 6) is 2.06. The number of rotatable bonds is 5. The summed E-state index contributed by atoms with van der Waals surface area (Å²) in [4.78, 5) is 16.4. The van der Waals surface area contributed by atoms with Crippen LogP contribution in [0.15, 0.2) is 29.1 Å². The molecule has 1 N–H and O–H groups in total. The number of nitrogens with zero attached hydrogens (tertiary/aromatic N) is 6. The van der Waals surface area contributed by atoms with E-state index >= 15 is 0 Å². The third-order valence-corrected chi connectivity index (χ3v) is 2.82. The van der Waals surface area contributed by atoms with E-state index in [4.69, 9.17) is 16.0 Å². The fraction of sp³-hybridized carbons (Fsp3) is 0.250. The van der Waals surface area contributed by atoms with Gasteiger partial charge in [-0.15, -0.1) is 0 Å². The van der Waals surface area contributed by atoms with Crippen molar-refractivity contribution in [2.24, 2.45) is 0 Å². The number of hydrogen-bond acceptors (Lipinski definition) is 7. The zero-order valence-corrected chi connectivity index (χ0v) is 11.9. The Labute approximate surface area is 125 Å². The second-order valence-corrected chi connectivity index (χ2v) is 4.44. The van der Waals surface area contributed by atoms with Crippen molar-refractivity contribution in [3.05, 3.63) is 41.6 Å². The fourth-order valence-electron chi connectivity index (χ4n) is 1.66. The first kappa shape index (κ1) is 13.5. The van der Waals surface area contributed by atoms with Gasteiger partial charge in [0.2, 0.25) is 17.1 Å². The van der Waals surface area contributed by atoms with Crippen LogP contribution in [0, 0.1) is 0 Å². The van der Waals surface area contributed by atoms with E-state index in [0.29, 0.717) is 24.3 Å². The first-order chi connectivity index (χ1) is 10.2. The Kier molecular flexibility index (Phi) is 3.78. The molecular formula is C12H12ClN7O. The van der Waals surface area contributed by atoms with E-state index in [2.05, 4.69) is 30.4 Å². The summed E-state index contributed by atoms with van der Waals surface area (Å²) < 4.78 is 6.99. The topological polar surface area (TPSA) is 94.6 Å². The average molecular weight is 306 g/mol. The molecule has 9 heteroatoms. The van der Waals surface area contributed by atoms with Crippen molar-refractivity contribution in [3.63, 3.8) is 0 Å². The van der Waals surface area contributed by atoms with E-state index in [9.17, 15) is 0 Å². The number of aromatic nitrogens is 6. The summed E-state index contributed by atoms with van der Waals surface area (Å²) in [6.07, 6.45) is 5.85. The summed E-state index contributed by atoms with van der Waals surface area (Å²) in [5.41, 5.74) is 0.